The second kappa shape index (κ2) is 5.06. The van der Waals surface area contributed by atoms with Crippen LogP contribution in [-0.2, 0) is 0 Å². The second-order valence-electron chi connectivity index (χ2n) is 3.35. The zero-order chi connectivity index (χ0) is 12.1. The van der Waals surface area contributed by atoms with Crippen LogP contribution in [0.25, 0.3) is 0 Å². The summed E-state index contributed by atoms with van der Waals surface area (Å²) in [6.45, 7) is 0. The van der Waals surface area contributed by atoms with E-state index in [0.29, 0.717) is 0 Å². The number of carbonyl (C=O) groups is 2. The fraction of sp³-hybridized carbons (Fsp3) is 0.182. The molecule has 0 aliphatic carbocycles. The third-order valence-electron chi connectivity index (χ3n) is 1.80. The highest BCUT2D eigenvalue weighted by atomic mass is 16.4. The Labute approximate surface area is 93.0 Å². The number of carboxylic acid groups (broad SMARTS) is 1. The van der Waals surface area contributed by atoms with Crippen LogP contribution in [0.1, 0.15) is 20.8 Å². The maximum Gasteiger partial charge on any atom is 0.338 e. The number of rotatable bonds is 4. The average molecular weight is 220 g/mol. The summed E-state index contributed by atoms with van der Waals surface area (Å²) in [6.07, 6.45) is 4.22. The van der Waals surface area contributed by atoms with Gasteiger partial charge in [0.05, 0.1) is 5.56 Å². The number of hydrogen-bond donors (Lipinski definition) is 1. The minimum absolute atomic E-state index is 0.0481. The van der Waals surface area contributed by atoms with Gasteiger partial charge in [-0.25, -0.2) is 4.79 Å². The molecule has 0 bridgehead atoms. The fourth-order valence-corrected chi connectivity index (χ4v) is 1.07. The summed E-state index contributed by atoms with van der Waals surface area (Å²) >= 11 is 0. The van der Waals surface area contributed by atoms with Crippen molar-refractivity contribution in [3.05, 3.63) is 41.9 Å². The third kappa shape index (κ3) is 2.91. The average Bonchev–Trinajstić information content (AvgIpc) is 2.25. The van der Waals surface area contributed by atoms with E-state index in [0.717, 1.165) is 0 Å². The van der Waals surface area contributed by atoms with E-state index in [-0.39, 0.29) is 11.3 Å². The summed E-state index contributed by atoms with van der Waals surface area (Å²) in [5.74, 6) is -1.58. The standard InChI is InChI=1S/C11H12N2O3/c1-13(2)7-5-9(14)10-8(11(15)16)4-3-6-12-10/h3-7H,1-2H3,(H,15,16). The highest BCUT2D eigenvalue weighted by molar-refractivity contribution is 6.09. The van der Waals surface area contributed by atoms with E-state index in [1.165, 1.54) is 24.4 Å². The van der Waals surface area contributed by atoms with Crippen LogP contribution in [0.5, 0.6) is 0 Å². The lowest BCUT2D eigenvalue weighted by atomic mass is 10.1. The Hall–Kier alpha value is -2.17. The van der Waals surface area contributed by atoms with E-state index in [1.54, 1.807) is 25.2 Å². The highest BCUT2D eigenvalue weighted by Gasteiger charge is 2.15. The summed E-state index contributed by atoms with van der Waals surface area (Å²) in [5.41, 5.74) is -0.135. The van der Waals surface area contributed by atoms with E-state index in [2.05, 4.69) is 4.98 Å². The lowest BCUT2D eigenvalue weighted by molar-refractivity contribution is 0.0692. The largest absolute Gasteiger partial charge is 0.478 e. The number of allylic oxidation sites excluding steroid dienone is 1. The van der Waals surface area contributed by atoms with E-state index in [4.69, 9.17) is 5.11 Å². The molecule has 5 nitrogen and oxygen atoms in total. The number of aromatic carboxylic acids is 1. The van der Waals surface area contributed by atoms with Crippen LogP contribution < -0.4 is 0 Å². The number of carbonyl (C=O) groups excluding carboxylic acids is 1. The molecule has 16 heavy (non-hydrogen) atoms. The molecule has 1 N–H and O–H groups in total. The Bertz CT molecular complexity index is 439. The van der Waals surface area contributed by atoms with Crippen LogP contribution in [0, 0.1) is 0 Å². The van der Waals surface area contributed by atoms with E-state index in [9.17, 15) is 9.59 Å². The van der Waals surface area contributed by atoms with Crippen molar-refractivity contribution >= 4 is 11.8 Å². The lowest BCUT2D eigenvalue weighted by Crippen LogP contribution is -2.10. The molecule has 0 atom stereocenters. The first kappa shape index (κ1) is 11.9. The molecule has 0 aliphatic heterocycles. The molecular weight excluding hydrogens is 208 g/mol. The number of pyridine rings is 1. The summed E-state index contributed by atoms with van der Waals surface area (Å²) in [5, 5.41) is 8.87. The molecule has 0 saturated heterocycles. The lowest BCUT2D eigenvalue weighted by Gasteiger charge is -2.03. The van der Waals surface area contributed by atoms with Gasteiger partial charge in [0.1, 0.15) is 5.69 Å². The predicted octanol–water partition coefficient (Wildman–Crippen LogP) is 1.04. The van der Waals surface area contributed by atoms with Gasteiger partial charge >= 0.3 is 5.97 Å². The predicted molar refractivity (Wildman–Crippen MR) is 58.4 cm³/mol. The Morgan fingerprint density at radius 3 is 2.69 bits per heavy atom. The molecule has 5 heteroatoms. The fourth-order valence-electron chi connectivity index (χ4n) is 1.07. The van der Waals surface area contributed by atoms with Crippen molar-refractivity contribution < 1.29 is 14.7 Å². The number of hydrogen-bond acceptors (Lipinski definition) is 4. The van der Waals surface area contributed by atoms with Gasteiger partial charge in [-0.05, 0) is 12.1 Å². The molecule has 0 aromatic carbocycles. The molecule has 0 saturated carbocycles. The van der Waals surface area contributed by atoms with Crippen molar-refractivity contribution in [2.45, 2.75) is 0 Å². The van der Waals surface area contributed by atoms with Crippen molar-refractivity contribution in [3.8, 4) is 0 Å². The van der Waals surface area contributed by atoms with Gasteiger partial charge < -0.3 is 10.0 Å². The minimum atomic E-state index is -1.16. The van der Waals surface area contributed by atoms with Gasteiger partial charge in [0.15, 0.2) is 0 Å². The van der Waals surface area contributed by atoms with Crippen LogP contribution in [0.2, 0.25) is 0 Å². The van der Waals surface area contributed by atoms with Gasteiger partial charge in [-0.1, -0.05) is 0 Å². The smallest absolute Gasteiger partial charge is 0.338 e. The first-order valence-corrected chi connectivity index (χ1v) is 4.59. The normalized spacial score (nSPS) is 10.4. The number of ketones is 1. The molecule has 1 heterocycles. The molecule has 1 rings (SSSR count). The first-order valence-electron chi connectivity index (χ1n) is 4.59. The van der Waals surface area contributed by atoms with Crippen LogP contribution in [0.15, 0.2) is 30.6 Å². The summed E-state index contributed by atoms with van der Waals surface area (Å²) < 4.78 is 0. The van der Waals surface area contributed by atoms with E-state index < -0.39 is 11.8 Å². The molecule has 0 spiro atoms. The molecule has 0 aliphatic rings. The summed E-state index contributed by atoms with van der Waals surface area (Å²) in [7, 11) is 3.53. The van der Waals surface area contributed by atoms with Crippen LogP contribution >= 0.6 is 0 Å². The maximum absolute atomic E-state index is 11.6. The minimum Gasteiger partial charge on any atom is -0.478 e. The highest BCUT2D eigenvalue weighted by Crippen LogP contribution is 2.06. The van der Waals surface area contributed by atoms with Crippen molar-refractivity contribution in [2.75, 3.05) is 14.1 Å². The van der Waals surface area contributed by atoms with Crippen molar-refractivity contribution in [3.63, 3.8) is 0 Å². The number of nitrogens with zero attached hydrogens (tertiary/aromatic N) is 2. The Morgan fingerprint density at radius 2 is 2.12 bits per heavy atom. The zero-order valence-corrected chi connectivity index (χ0v) is 9.04. The topological polar surface area (TPSA) is 70.5 Å². The first-order chi connectivity index (χ1) is 7.52. The quantitative estimate of drug-likeness (QED) is 0.606. The monoisotopic (exact) mass is 220 g/mol. The van der Waals surface area contributed by atoms with Crippen LogP contribution in [-0.4, -0.2) is 40.8 Å². The summed E-state index contributed by atoms with van der Waals surface area (Å²) in [6, 6.07) is 2.84. The van der Waals surface area contributed by atoms with Crippen molar-refractivity contribution in [1.82, 2.24) is 9.88 Å². The zero-order valence-electron chi connectivity index (χ0n) is 9.04. The van der Waals surface area contributed by atoms with Crippen LogP contribution in [0.3, 0.4) is 0 Å². The van der Waals surface area contributed by atoms with Gasteiger partial charge in [0.25, 0.3) is 0 Å². The molecular formula is C11H12N2O3. The summed E-state index contributed by atoms with van der Waals surface area (Å²) in [4.78, 5) is 27.9. The number of aromatic nitrogens is 1. The molecule has 0 unspecified atom stereocenters. The molecule has 0 radical (unpaired) electrons. The van der Waals surface area contributed by atoms with E-state index >= 15 is 0 Å². The Balaban J connectivity index is 3.04. The van der Waals surface area contributed by atoms with Crippen molar-refractivity contribution in [2.24, 2.45) is 0 Å². The Morgan fingerprint density at radius 1 is 1.44 bits per heavy atom. The van der Waals surface area contributed by atoms with Gasteiger partial charge in [-0.2, -0.15) is 0 Å². The van der Waals surface area contributed by atoms with E-state index in [1.807, 2.05) is 0 Å². The molecule has 0 fully saturated rings. The van der Waals surface area contributed by atoms with Gasteiger partial charge in [0.2, 0.25) is 5.78 Å². The SMILES string of the molecule is CN(C)C=CC(=O)c1ncccc1C(=O)O. The second-order valence-corrected chi connectivity index (χ2v) is 3.35. The van der Waals surface area contributed by atoms with Crippen LogP contribution in [0.4, 0.5) is 0 Å². The van der Waals surface area contributed by atoms with Gasteiger partial charge in [-0.15, -0.1) is 0 Å². The third-order valence-corrected chi connectivity index (χ3v) is 1.80. The van der Waals surface area contributed by atoms with Crippen molar-refractivity contribution in [1.29, 1.82) is 0 Å². The maximum atomic E-state index is 11.6. The Kier molecular flexibility index (Phi) is 3.77. The molecule has 1 aromatic heterocycles. The number of carboxylic acids is 1. The van der Waals surface area contributed by atoms with Gasteiger partial charge in [-0.3, -0.25) is 9.78 Å². The molecule has 1 aromatic rings. The molecule has 0 amide bonds. The van der Waals surface area contributed by atoms with Gasteiger partial charge in [0, 0.05) is 32.6 Å². The molecule has 84 valence electrons.